The fourth-order valence-electron chi connectivity index (χ4n) is 2.58. The number of halogens is 1. The summed E-state index contributed by atoms with van der Waals surface area (Å²) in [4.78, 5) is 10.5. The van der Waals surface area contributed by atoms with Gasteiger partial charge in [0.2, 0.25) is 0 Å². The van der Waals surface area contributed by atoms with Gasteiger partial charge in [-0.2, -0.15) is 0 Å². The van der Waals surface area contributed by atoms with E-state index in [-0.39, 0.29) is 10.5 Å². The Morgan fingerprint density at radius 2 is 1.79 bits per heavy atom. The number of rotatable bonds is 4. The second kappa shape index (κ2) is 4.99. The zero-order valence-electron chi connectivity index (χ0n) is 12.2. The summed E-state index contributed by atoms with van der Waals surface area (Å²) in [6, 6.07) is 8.52. The summed E-state index contributed by atoms with van der Waals surface area (Å²) in [5.41, 5.74) is 1.41. The number of hydrogen-bond donors (Lipinski definition) is 1. The van der Waals surface area contributed by atoms with Crippen LogP contribution in [0.5, 0.6) is 0 Å². The van der Waals surface area contributed by atoms with Gasteiger partial charge < -0.3 is 9.53 Å². The van der Waals surface area contributed by atoms with Crippen molar-refractivity contribution in [1.82, 2.24) is 0 Å². The largest absolute Gasteiger partial charge is 0.432 e. The lowest BCUT2D eigenvalue weighted by atomic mass is 9.72. The van der Waals surface area contributed by atoms with Crippen LogP contribution in [0.4, 0.5) is 0 Å². The second-order valence-electron chi connectivity index (χ2n) is 6.90. The Morgan fingerprint density at radius 3 is 2.16 bits per heavy atom. The van der Waals surface area contributed by atoms with E-state index in [1.807, 2.05) is 13.1 Å². The highest BCUT2D eigenvalue weighted by Crippen LogP contribution is 2.49. The molecule has 19 heavy (non-hydrogen) atoms. The molecule has 0 atom stereocenters. The van der Waals surface area contributed by atoms with Crippen LogP contribution < -0.4 is 0 Å². The van der Waals surface area contributed by atoms with E-state index in [9.17, 15) is 4.80 Å². The maximum Gasteiger partial charge on any atom is 0.188 e. The molecule has 2 nitrogen and oxygen atoms in total. The Labute approximate surface area is 125 Å². The van der Waals surface area contributed by atoms with Gasteiger partial charge in [0, 0.05) is 9.89 Å². The van der Waals surface area contributed by atoms with Crippen LogP contribution >= 0.6 is 15.9 Å². The molecule has 1 saturated heterocycles. The van der Waals surface area contributed by atoms with Gasteiger partial charge in [-0.05, 0) is 42.2 Å². The van der Waals surface area contributed by atoms with Crippen LogP contribution in [0.15, 0.2) is 28.7 Å². The van der Waals surface area contributed by atoms with Gasteiger partial charge in [0.1, 0.15) is 0 Å². The molecule has 1 fully saturated rings. The highest BCUT2D eigenvalue weighted by Gasteiger charge is 2.49. The summed E-state index contributed by atoms with van der Waals surface area (Å²) in [7, 11) is -2.19. The monoisotopic (exact) mass is 342 g/mol. The zero-order chi connectivity index (χ0) is 14.3. The van der Waals surface area contributed by atoms with Crippen molar-refractivity contribution in [3.8, 4) is 0 Å². The minimum atomic E-state index is -2.19. The van der Waals surface area contributed by atoms with Crippen LogP contribution in [0.25, 0.3) is 0 Å². The molecule has 1 N–H and O–H groups in total. The topological polar surface area (TPSA) is 29.5 Å². The van der Waals surface area contributed by atoms with Gasteiger partial charge in [-0.15, -0.1) is 0 Å². The van der Waals surface area contributed by atoms with Gasteiger partial charge in [0.25, 0.3) is 0 Å². The van der Waals surface area contributed by atoms with Crippen molar-refractivity contribution in [3.63, 3.8) is 0 Å². The smallest absolute Gasteiger partial charge is 0.188 e. The molecule has 0 amide bonds. The summed E-state index contributed by atoms with van der Waals surface area (Å²) in [6.45, 7) is 9.98. The van der Waals surface area contributed by atoms with Crippen molar-refractivity contribution in [2.45, 2.75) is 43.8 Å². The van der Waals surface area contributed by atoms with Crippen LogP contribution in [0.1, 0.15) is 25.8 Å². The molecule has 0 bridgehead atoms. The quantitative estimate of drug-likeness (QED) is 0.835. The molecule has 0 radical (unpaired) electrons. The van der Waals surface area contributed by atoms with E-state index in [0.29, 0.717) is 0 Å². The molecule has 1 heterocycles. The molecule has 1 aliphatic rings. The number of hydrogen-bond acceptors (Lipinski definition) is 2. The molecule has 0 saturated carbocycles. The Kier molecular flexibility index (Phi) is 4.00. The summed E-state index contributed by atoms with van der Waals surface area (Å²) in [5.74, 6) is 0. The maximum atomic E-state index is 10.5. The third-order valence-corrected chi connectivity index (χ3v) is 8.67. The minimum absolute atomic E-state index is 0.0240. The van der Waals surface area contributed by atoms with Crippen molar-refractivity contribution < 1.29 is 9.53 Å². The molecule has 0 aromatic heterocycles. The fraction of sp³-hybridized carbons (Fsp3) is 0.600. The standard InChI is InChI=1S/C15H23BrO2Si/c1-14(2,19(3,4)17)9-15(10-18-11-15)12-5-7-13(16)8-6-12/h5-8,17H,9-11H2,1-4H3. The lowest BCUT2D eigenvalue weighted by molar-refractivity contribution is -0.0696. The molecular formula is C15H23BrO2Si. The van der Waals surface area contributed by atoms with Crippen LogP contribution in [-0.2, 0) is 10.2 Å². The summed E-state index contributed by atoms with van der Waals surface area (Å²) in [6.07, 6.45) is 0.983. The molecule has 0 unspecified atom stereocenters. The fourth-order valence-corrected chi connectivity index (χ4v) is 3.62. The van der Waals surface area contributed by atoms with E-state index >= 15 is 0 Å². The van der Waals surface area contributed by atoms with Crippen molar-refractivity contribution in [3.05, 3.63) is 34.3 Å². The summed E-state index contributed by atoms with van der Waals surface area (Å²) in [5, 5.41) is -0.0240. The van der Waals surface area contributed by atoms with Crippen LogP contribution in [0.3, 0.4) is 0 Å². The van der Waals surface area contributed by atoms with E-state index < -0.39 is 8.32 Å². The summed E-state index contributed by atoms with van der Waals surface area (Å²) < 4.78 is 6.60. The van der Waals surface area contributed by atoms with Crippen LogP contribution in [0, 0.1) is 0 Å². The highest BCUT2D eigenvalue weighted by molar-refractivity contribution is 9.10. The van der Waals surface area contributed by atoms with Crippen LogP contribution in [-0.4, -0.2) is 26.3 Å². The van der Waals surface area contributed by atoms with Crippen molar-refractivity contribution in [2.75, 3.05) is 13.2 Å². The maximum absolute atomic E-state index is 10.5. The third kappa shape index (κ3) is 2.97. The van der Waals surface area contributed by atoms with E-state index in [2.05, 4.69) is 54.0 Å². The van der Waals surface area contributed by atoms with E-state index in [0.717, 1.165) is 24.1 Å². The molecule has 1 aromatic carbocycles. The normalized spacial score (nSPS) is 19.1. The highest BCUT2D eigenvalue weighted by atomic mass is 79.9. The zero-order valence-corrected chi connectivity index (χ0v) is 14.8. The number of ether oxygens (including phenoxy) is 1. The lowest BCUT2D eigenvalue weighted by Gasteiger charge is -2.49. The van der Waals surface area contributed by atoms with Crippen LogP contribution in [0.2, 0.25) is 18.1 Å². The van der Waals surface area contributed by atoms with E-state index in [4.69, 9.17) is 4.74 Å². The second-order valence-corrected chi connectivity index (χ2v) is 12.3. The summed E-state index contributed by atoms with van der Waals surface area (Å²) >= 11 is 3.48. The molecule has 0 aliphatic carbocycles. The molecule has 1 aliphatic heterocycles. The molecular weight excluding hydrogens is 320 g/mol. The van der Waals surface area contributed by atoms with Gasteiger partial charge >= 0.3 is 0 Å². The van der Waals surface area contributed by atoms with E-state index in [1.165, 1.54) is 5.56 Å². The van der Waals surface area contributed by atoms with Crippen molar-refractivity contribution >= 4 is 24.2 Å². The Morgan fingerprint density at radius 1 is 1.26 bits per heavy atom. The molecule has 106 valence electrons. The Hall–Kier alpha value is -0.163. The predicted octanol–water partition coefficient (Wildman–Crippen LogP) is 4.08. The first kappa shape index (κ1) is 15.2. The number of benzene rings is 1. The van der Waals surface area contributed by atoms with Gasteiger partial charge in [0.05, 0.1) is 13.2 Å². The van der Waals surface area contributed by atoms with E-state index in [1.54, 1.807) is 0 Å². The third-order valence-electron chi connectivity index (χ3n) is 4.65. The first-order valence-corrected chi connectivity index (χ1v) is 10.5. The Bertz CT molecular complexity index is 444. The lowest BCUT2D eigenvalue weighted by Crippen LogP contribution is -2.52. The minimum Gasteiger partial charge on any atom is -0.432 e. The van der Waals surface area contributed by atoms with Crippen molar-refractivity contribution in [2.24, 2.45) is 0 Å². The Balaban J connectivity index is 2.27. The molecule has 0 spiro atoms. The van der Waals surface area contributed by atoms with Crippen molar-refractivity contribution in [1.29, 1.82) is 0 Å². The van der Waals surface area contributed by atoms with Gasteiger partial charge in [-0.1, -0.05) is 41.9 Å². The van der Waals surface area contributed by atoms with Gasteiger partial charge in [-0.3, -0.25) is 0 Å². The molecule has 2 rings (SSSR count). The first-order valence-electron chi connectivity index (χ1n) is 6.73. The first-order chi connectivity index (χ1) is 8.66. The van der Waals surface area contributed by atoms with Gasteiger partial charge in [-0.25, -0.2) is 0 Å². The average Bonchev–Trinajstić information content (AvgIpc) is 2.23. The SMILES string of the molecule is CC(C)(CC1(c2ccc(Br)cc2)COC1)[Si](C)(C)O. The molecule has 4 heteroatoms. The predicted molar refractivity (Wildman–Crippen MR) is 85.0 cm³/mol. The molecule has 1 aromatic rings. The van der Waals surface area contributed by atoms with Gasteiger partial charge in [0.15, 0.2) is 8.32 Å². The average molecular weight is 343 g/mol.